The number of piperazine rings is 1. The van der Waals surface area contributed by atoms with Gasteiger partial charge in [0.25, 0.3) is 0 Å². The standard InChI is InChI=1S/C18H22BrN3O2/c1-13-17(14(2)24-20-13)11-18(23)22-8-6-21(7-9-22)12-15-4-3-5-16(19)10-15/h3-5,10H,6-9,11-12H2,1-2H3. The van der Waals surface area contributed by atoms with Crippen LogP contribution in [0.15, 0.2) is 33.3 Å². The van der Waals surface area contributed by atoms with Gasteiger partial charge in [0.05, 0.1) is 12.1 Å². The molecule has 1 amide bonds. The van der Waals surface area contributed by atoms with Crippen LogP contribution in [0, 0.1) is 13.8 Å². The highest BCUT2D eigenvalue weighted by Gasteiger charge is 2.23. The molecule has 0 unspecified atom stereocenters. The summed E-state index contributed by atoms with van der Waals surface area (Å²) < 4.78 is 6.25. The Morgan fingerprint density at radius 3 is 2.62 bits per heavy atom. The fraction of sp³-hybridized carbons (Fsp3) is 0.444. The molecule has 0 atom stereocenters. The van der Waals surface area contributed by atoms with Crippen LogP contribution in [0.2, 0.25) is 0 Å². The third-order valence-electron chi connectivity index (χ3n) is 4.53. The summed E-state index contributed by atoms with van der Waals surface area (Å²) in [6.07, 6.45) is 0.382. The number of halogens is 1. The summed E-state index contributed by atoms with van der Waals surface area (Å²) in [4.78, 5) is 16.8. The Balaban J connectivity index is 1.52. The lowest BCUT2D eigenvalue weighted by Gasteiger charge is -2.34. The van der Waals surface area contributed by atoms with E-state index in [1.165, 1.54) is 5.56 Å². The van der Waals surface area contributed by atoms with E-state index in [9.17, 15) is 4.79 Å². The Kier molecular flexibility index (Phi) is 5.36. The maximum Gasteiger partial charge on any atom is 0.227 e. The number of rotatable bonds is 4. The van der Waals surface area contributed by atoms with E-state index in [1.807, 2.05) is 24.8 Å². The molecule has 0 radical (unpaired) electrons. The third-order valence-corrected chi connectivity index (χ3v) is 5.02. The van der Waals surface area contributed by atoms with E-state index in [0.29, 0.717) is 6.42 Å². The topological polar surface area (TPSA) is 49.6 Å². The van der Waals surface area contributed by atoms with Gasteiger partial charge >= 0.3 is 0 Å². The molecule has 5 nitrogen and oxygen atoms in total. The number of hydrogen-bond acceptors (Lipinski definition) is 4. The number of benzene rings is 1. The van der Waals surface area contributed by atoms with Crippen molar-refractivity contribution >= 4 is 21.8 Å². The SMILES string of the molecule is Cc1noc(C)c1CC(=O)N1CCN(Cc2cccc(Br)c2)CC1. The van der Waals surface area contributed by atoms with Gasteiger partial charge in [-0.2, -0.15) is 0 Å². The van der Waals surface area contributed by atoms with Crippen LogP contribution < -0.4 is 0 Å². The molecule has 6 heteroatoms. The lowest BCUT2D eigenvalue weighted by Crippen LogP contribution is -2.48. The summed E-state index contributed by atoms with van der Waals surface area (Å²) in [7, 11) is 0. The van der Waals surface area contributed by atoms with Gasteiger partial charge in [0.2, 0.25) is 5.91 Å². The summed E-state index contributed by atoms with van der Waals surface area (Å²) in [6.45, 7) is 8.02. The van der Waals surface area contributed by atoms with Gasteiger partial charge in [-0.05, 0) is 31.5 Å². The van der Waals surface area contributed by atoms with E-state index in [0.717, 1.165) is 54.2 Å². The molecule has 0 spiro atoms. The highest BCUT2D eigenvalue weighted by molar-refractivity contribution is 9.10. The van der Waals surface area contributed by atoms with E-state index < -0.39 is 0 Å². The van der Waals surface area contributed by atoms with Crippen molar-refractivity contribution in [2.75, 3.05) is 26.2 Å². The first-order valence-electron chi connectivity index (χ1n) is 8.19. The fourth-order valence-electron chi connectivity index (χ4n) is 3.07. The van der Waals surface area contributed by atoms with Crippen molar-refractivity contribution in [2.45, 2.75) is 26.8 Å². The summed E-state index contributed by atoms with van der Waals surface area (Å²) in [6, 6.07) is 8.38. The van der Waals surface area contributed by atoms with Gasteiger partial charge in [0, 0.05) is 42.8 Å². The number of nitrogens with zero attached hydrogens (tertiary/aromatic N) is 3. The van der Waals surface area contributed by atoms with Crippen LogP contribution in [0.4, 0.5) is 0 Å². The lowest BCUT2D eigenvalue weighted by molar-refractivity contribution is -0.132. The number of amides is 1. The zero-order chi connectivity index (χ0) is 17.1. The molecule has 1 fully saturated rings. The van der Waals surface area contributed by atoms with Gasteiger partial charge in [-0.3, -0.25) is 9.69 Å². The van der Waals surface area contributed by atoms with Gasteiger partial charge in [0.1, 0.15) is 5.76 Å². The van der Waals surface area contributed by atoms with Crippen molar-refractivity contribution < 1.29 is 9.32 Å². The van der Waals surface area contributed by atoms with E-state index in [-0.39, 0.29) is 5.91 Å². The van der Waals surface area contributed by atoms with Gasteiger partial charge in [-0.25, -0.2) is 0 Å². The Hall–Kier alpha value is -1.66. The average molecular weight is 392 g/mol. The van der Waals surface area contributed by atoms with Crippen LogP contribution in [0.1, 0.15) is 22.6 Å². The number of carbonyl (C=O) groups is 1. The van der Waals surface area contributed by atoms with Gasteiger partial charge in [-0.1, -0.05) is 33.2 Å². The monoisotopic (exact) mass is 391 g/mol. The van der Waals surface area contributed by atoms with Gasteiger partial charge in [0.15, 0.2) is 0 Å². The van der Waals surface area contributed by atoms with Crippen molar-refractivity contribution in [2.24, 2.45) is 0 Å². The van der Waals surface area contributed by atoms with Crippen molar-refractivity contribution in [3.8, 4) is 0 Å². The summed E-state index contributed by atoms with van der Waals surface area (Å²) in [5.41, 5.74) is 3.03. The van der Waals surface area contributed by atoms with Crippen LogP contribution >= 0.6 is 15.9 Å². The molecule has 0 aliphatic carbocycles. The van der Waals surface area contributed by atoms with E-state index in [2.05, 4.69) is 44.2 Å². The number of carbonyl (C=O) groups excluding carboxylic acids is 1. The van der Waals surface area contributed by atoms with Crippen LogP contribution in [-0.4, -0.2) is 47.0 Å². The molecule has 1 aliphatic rings. The molecule has 3 rings (SSSR count). The molecule has 2 aromatic rings. The van der Waals surface area contributed by atoms with E-state index in [4.69, 9.17) is 4.52 Å². The van der Waals surface area contributed by atoms with E-state index >= 15 is 0 Å². The Morgan fingerprint density at radius 1 is 1.25 bits per heavy atom. The van der Waals surface area contributed by atoms with Crippen LogP contribution in [-0.2, 0) is 17.8 Å². The predicted molar refractivity (Wildman–Crippen MR) is 95.7 cm³/mol. The maximum absolute atomic E-state index is 12.5. The van der Waals surface area contributed by atoms with Gasteiger partial charge < -0.3 is 9.42 Å². The second-order valence-electron chi connectivity index (χ2n) is 6.27. The van der Waals surface area contributed by atoms with Crippen molar-refractivity contribution in [1.82, 2.24) is 15.0 Å². The van der Waals surface area contributed by atoms with Crippen LogP contribution in [0.3, 0.4) is 0 Å². The molecule has 0 bridgehead atoms. The molecular formula is C18H22BrN3O2. The van der Waals surface area contributed by atoms with Crippen molar-refractivity contribution in [3.05, 3.63) is 51.3 Å². The molecule has 24 heavy (non-hydrogen) atoms. The Labute approximate surface area is 150 Å². The zero-order valence-electron chi connectivity index (χ0n) is 14.1. The smallest absolute Gasteiger partial charge is 0.227 e. The quantitative estimate of drug-likeness (QED) is 0.803. The van der Waals surface area contributed by atoms with Crippen LogP contribution in [0.5, 0.6) is 0 Å². The Morgan fingerprint density at radius 2 is 2.00 bits per heavy atom. The number of aromatic nitrogens is 1. The number of aryl methyl sites for hydroxylation is 2. The first-order chi connectivity index (χ1) is 11.5. The van der Waals surface area contributed by atoms with Crippen molar-refractivity contribution in [1.29, 1.82) is 0 Å². The predicted octanol–water partition coefficient (Wildman–Crippen LogP) is 2.94. The molecule has 1 aliphatic heterocycles. The first-order valence-corrected chi connectivity index (χ1v) is 8.98. The molecule has 2 heterocycles. The highest BCUT2D eigenvalue weighted by atomic mass is 79.9. The largest absolute Gasteiger partial charge is 0.361 e. The normalized spacial score (nSPS) is 15.7. The second-order valence-corrected chi connectivity index (χ2v) is 7.18. The number of hydrogen-bond donors (Lipinski definition) is 0. The third kappa shape index (κ3) is 4.05. The molecule has 1 aromatic heterocycles. The molecule has 0 N–H and O–H groups in total. The minimum absolute atomic E-state index is 0.159. The molecule has 1 saturated heterocycles. The molecular weight excluding hydrogens is 370 g/mol. The first kappa shape index (κ1) is 17.2. The van der Waals surface area contributed by atoms with Crippen LogP contribution in [0.25, 0.3) is 0 Å². The highest BCUT2D eigenvalue weighted by Crippen LogP contribution is 2.17. The molecule has 128 valence electrons. The fourth-order valence-corrected chi connectivity index (χ4v) is 3.51. The second kappa shape index (κ2) is 7.49. The minimum atomic E-state index is 0.159. The minimum Gasteiger partial charge on any atom is -0.361 e. The lowest BCUT2D eigenvalue weighted by atomic mass is 10.1. The molecule has 0 saturated carbocycles. The van der Waals surface area contributed by atoms with E-state index in [1.54, 1.807) is 0 Å². The zero-order valence-corrected chi connectivity index (χ0v) is 15.7. The van der Waals surface area contributed by atoms with Gasteiger partial charge in [-0.15, -0.1) is 0 Å². The Bertz CT molecular complexity index is 701. The average Bonchev–Trinajstić information content (AvgIpc) is 2.87. The van der Waals surface area contributed by atoms with Crippen molar-refractivity contribution in [3.63, 3.8) is 0 Å². The summed E-state index contributed by atoms with van der Waals surface area (Å²) >= 11 is 3.51. The maximum atomic E-state index is 12.5. The molecule has 1 aromatic carbocycles. The summed E-state index contributed by atoms with van der Waals surface area (Å²) in [5, 5.41) is 3.92. The summed E-state index contributed by atoms with van der Waals surface area (Å²) in [5.74, 6) is 0.903.